The molecule has 1 heterocycles. The van der Waals surface area contributed by atoms with Crippen LogP contribution in [0.25, 0.3) is 0 Å². The van der Waals surface area contributed by atoms with Gasteiger partial charge >= 0.3 is 5.97 Å². The van der Waals surface area contributed by atoms with E-state index in [2.05, 4.69) is 11.8 Å². The highest BCUT2D eigenvalue weighted by Gasteiger charge is 2.35. The molecule has 0 saturated heterocycles. The van der Waals surface area contributed by atoms with Crippen LogP contribution in [0.1, 0.15) is 19.4 Å². The van der Waals surface area contributed by atoms with Gasteiger partial charge in [0.05, 0.1) is 13.0 Å². The second kappa shape index (κ2) is 4.88. The van der Waals surface area contributed by atoms with E-state index < -0.39 is 5.97 Å². The smallest absolute Gasteiger partial charge is 0.308 e. The van der Waals surface area contributed by atoms with Gasteiger partial charge in [-0.3, -0.25) is 4.79 Å². The normalized spacial score (nSPS) is 19.5. The summed E-state index contributed by atoms with van der Waals surface area (Å²) in [5, 5.41) is 9.18. The zero-order valence-corrected chi connectivity index (χ0v) is 11.0. The number of ether oxygens (including phenoxy) is 1. The molecule has 2 unspecified atom stereocenters. The van der Waals surface area contributed by atoms with E-state index in [-0.39, 0.29) is 12.0 Å². The number of anilines is 1. The largest absolute Gasteiger partial charge is 0.497 e. The van der Waals surface area contributed by atoms with Crippen molar-refractivity contribution in [2.24, 2.45) is 5.92 Å². The average molecular weight is 249 g/mol. The van der Waals surface area contributed by atoms with Crippen LogP contribution in [-0.4, -0.2) is 30.8 Å². The monoisotopic (exact) mass is 249 g/mol. The lowest BCUT2D eigenvalue weighted by Gasteiger charge is -2.28. The summed E-state index contributed by atoms with van der Waals surface area (Å²) in [6.45, 7) is 4.65. The van der Waals surface area contributed by atoms with Crippen molar-refractivity contribution in [3.63, 3.8) is 0 Å². The van der Waals surface area contributed by atoms with Gasteiger partial charge in [-0.1, -0.05) is 0 Å². The number of fused-ring (bicyclic) bond motifs is 1. The molecule has 1 aromatic rings. The first-order chi connectivity index (χ1) is 8.58. The number of hydrogen-bond donors (Lipinski definition) is 1. The minimum atomic E-state index is -0.738. The standard InChI is InChI=1S/C14H19NO3/c1-4-15-12-6-5-11(18-3)7-10(12)8-13(15)9(2)14(16)17/h5-7,9,13H,4,8H2,1-3H3,(H,16,17). The minimum Gasteiger partial charge on any atom is -0.497 e. The molecular weight excluding hydrogens is 230 g/mol. The van der Waals surface area contributed by atoms with Crippen LogP contribution in [-0.2, 0) is 11.2 Å². The van der Waals surface area contributed by atoms with E-state index in [1.807, 2.05) is 18.2 Å². The summed E-state index contributed by atoms with van der Waals surface area (Å²) in [5.74, 6) is -0.282. The Balaban J connectivity index is 2.33. The highest BCUT2D eigenvalue weighted by Crippen LogP contribution is 2.37. The zero-order chi connectivity index (χ0) is 13.3. The molecule has 2 atom stereocenters. The fraction of sp³-hybridized carbons (Fsp3) is 0.500. The molecule has 0 bridgehead atoms. The van der Waals surface area contributed by atoms with Crippen LogP contribution >= 0.6 is 0 Å². The average Bonchev–Trinajstić information content (AvgIpc) is 2.74. The molecule has 0 spiro atoms. The lowest BCUT2D eigenvalue weighted by Crippen LogP contribution is -2.40. The maximum absolute atomic E-state index is 11.2. The van der Waals surface area contributed by atoms with Crippen molar-refractivity contribution in [1.82, 2.24) is 0 Å². The summed E-state index contributed by atoms with van der Waals surface area (Å²) in [7, 11) is 1.64. The maximum atomic E-state index is 11.2. The number of carboxylic acid groups (broad SMARTS) is 1. The summed E-state index contributed by atoms with van der Waals surface area (Å²) < 4.78 is 5.22. The van der Waals surface area contributed by atoms with Crippen molar-refractivity contribution in [2.75, 3.05) is 18.6 Å². The Labute approximate surface area is 107 Å². The van der Waals surface area contributed by atoms with Crippen LogP contribution in [0.3, 0.4) is 0 Å². The van der Waals surface area contributed by atoms with Crippen molar-refractivity contribution in [1.29, 1.82) is 0 Å². The van der Waals surface area contributed by atoms with Gasteiger partial charge in [0.15, 0.2) is 0 Å². The number of benzene rings is 1. The number of methoxy groups -OCH3 is 1. The van der Waals surface area contributed by atoms with Gasteiger partial charge in [-0.2, -0.15) is 0 Å². The highest BCUT2D eigenvalue weighted by atomic mass is 16.5. The summed E-state index contributed by atoms with van der Waals surface area (Å²) >= 11 is 0. The van der Waals surface area contributed by atoms with Crippen molar-refractivity contribution >= 4 is 11.7 Å². The number of carboxylic acids is 1. The molecule has 1 N–H and O–H groups in total. The lowest BCUT2D eigenvalue weighted by molar-refractivity contribution is -0.141. The van der Waals surface area contributed by atoms with Crippen LogP contribution in [0.4, 0.5) is 5.69 Å². The van der Waals surface area contributed by atoms with Gasteiger partial charge in [-0.15, -0.1) is 0 Å². The SMILES string of the molecule is CCN1c2ccc(OC)cc2CC1C(C)C(=O)O. The molecule has 98 valence electrons. The molecule has 1 aromatic carbocycles. The van der Waals surface area contributed by atoms with Crippen LogP contribution in [0.15, 0.2) is 18.2 Å². The number of rotatable bonds is 4. The molecule has 2 rings (SSSR count). The number of aliphatic carboxylic acids is 1. The molecule has 0 aliphatic carbocycles. The molecule has 0 aromatic heterocycles. The van der Waals surface area contributed by atoms with Crippen molar-refractivity contribution in [2.45, 2.75) is 26.3 Å². The fourth-order valence-electron chi connectivity index (χ4n) is 2.66. The first kappa shape index (κ1) is 12.7. The summed E-state index contributed by atoms with van der Waals surface area (Å²) in [5.41, 5.74) is 2.31. The topological polar surface area (TPSA) is 49.8 Å². The second-order valence-corrected chi connectivity index (χ2v) is 4.68. The molecule has 1 aliphatic heterocycles. The van der Waals surface area contributed by atoms with E-state index in [4.69, 9.17) is 4.74 Å². The van der Waals surface area contributed by atoms with Crippen LogP contribution in [0, 0.1) is 5.92 Å². The first-order valence-electron chi connectivity index (χ1n) is 6.24. The Kier molecular flexibility index (Phi) is 3.45. The molecule has 0 saturated carbocycles. The van der Waals surface area contributed by atoms with Gasteiger partial charge in [0.2, 0.25) is 0 Å². The molecule has 0 radical (unpaired) electrons. The van der Waals surface area contributed by atoms with E-state index in [1.165, 1.54) is 5.56 Å². The minimum absolute atomic E-state index is 0.0367. The highest BCUT2D eigenvalue weighted by molar-refractivity contribution is 5.73. The van der Waals surface area contributed by atoms with Crippen molar-refractivity contribution in [3.05, 3.63) is 23.8 Å². The Morgan fingerprint density at radius 2 is 2.33 bits per heavy atom. The van der Waals surface area contributed by atoms with Crippen LogP contribution < -0.4 is 9.64 Å². The summed E-state index contributed by atoms with van der Waals surface area (Å²) in [4.78, 5) is 13.3. The van der Waals surface area contributed by atoms with Crippen LogP contribution in [0.2, 0.25) is 0 Å². The zero-order valence-electron chi connectivity index (χ0n) is 11.0. The van der Waals surface area contributed by atoms with E-state index in [0.717, 1.165) is 24.4 Å². The first-order valence-corrected chi connectivity index (χ1v) is 6.24. The summed E-state index contributed by atoms with van der Waals surface area (Å²) in [6, 6.07) is 5.99. The predicted octanol–water partition coefficient (Wildman–Crippen LogP) is 2.17. The summed E-state index contributed by atoms with van der Waals surface area (Å²) in [6.07, 6.45) is 0.772. The van der Waals surface area contributed by atoms with E-state index in [9.17, 15) is 9.90 Å². The Hall–Kier alpha value is -1.71. The maximum Gasteiger partial charge on any atom is 0.308 e. The number of likely N-dealkylation sites (N-methyl/N-ethyl adjacent to an activating group) is 1. The Morgan fingerprint density at radius 3 is 2.89 bits per heavy atom. The van der Waals surface area contributed by atoms with Gasteiger partial charge in [0, 0.05) is 18.3 Å². The molecule has 0 fully saturated rings. The molecule has 0 amide bonds. The fourth-order valence-corrected chi connectivity index (χ4v) is 2.66. The van der Waals surface area contributed by atoms with Gasteiger partial charge in [-0.05, 0) is 44.0 Å². The molecule has 4 nitrogen and oxygen atoms in total. The van der Waals surface area contributed by atoms with Gasteiger partial charge < -0.3 is 14.7 Å². The number of hydrogen-bond acceptors (Lipinski definition) is 3. The van der Waals surface area contributed by atoms with Gasteiger partial charge in [-0.25, -0.2) is 0 Å². The molecule has 18 heavy (non-hydrogen) atoms. The van der Waals surface area contributed by atoms with E-state index in [1.54, 1.807) is 14.0 Å². The van der Waals surface area contributed by atoms with E-state index >= 15 is 0 Å². The number of carbonyl (C=O) groups is 1. The van der Waals surface area contributed by atoms with Crippen molar-refractivity contribution in [3.8, 4) is 5.75 Å². The Bertz CT molecular complexity index is 458. The van der Waals surface area contributed by atoms with Gasteiger partial charge in [0.25, 0.3) is 0 Å². The third kappa shape index (κ3) is 2.03. The lowest BCUT2D eigenvalue weighted by atomic mass is 9.98. The van der Waals surface area contributed by atoms with E-state index in [0.29, 0.717) is 0 Å². The third-order valence-electron chi connectivity index (χ3n) is 3.73. The third-order valence-corrected chi connectivity index (χ3v) is 3.73. The number of nitrogens with zero attached hydrogens (tertiary/aromatic N) is 1. The Morgan fingerprint density at radius 1 is 1.61 bits per heavy atom. The second-order valence-electron chi connectivity index (χ2n) is 4.68. The predicted molar refractivity (Wildman–Crippen MR) is 70.3 cm³/mol. The van der Waals surface area contributed by atoms with Gasteiger partial charge in [0.1, 0.15) is 5.75 Å². The molecule has 4 heteroatoms. The quantitative estimate of drug-likeness (QED) is 0.888. The van der Waals surface area contributed by atoms with Crippen LogP contribution in [0.5, 0.6) is 5.75 Å². The molecule has 1 aliphatic rings. The molecular formula is C14H19NO3. The van der Waals surface area contributed by atoms with Crippen molar-refractivity contribution < 1.29 is 14.6 Å².